The predicted molar refractivity (Wildman–Crippen MR) is 76.1 cm³/mol. The Hall–Kier alpha value is -1.82. The zero-order chi connectivity index (χ0) is 11.8. The molecule has 1 aliphatic rings. The number of benzene rings is 2. The molecule has 0 amide bonds. The average molecular weight is 220 g/mol. The van der Waals surface area contributed by atoms with Gasteiger partial charge in [0.15, 0.2) is 0 Å². The molecule has 1 aliphatic carbocycles. The maximum atomic E-state index is 2.36. The molecule has 2 aromatic carbocycles. The maximum Gasteiger partial charge on any atom is -0.00333 e. The summed E-state index contributed by atoms with van der Waals surface area (Å²) in [6.45, 7) is 4.24. The normalized spacial score (nSPS) is 17.5. The molecule has 0 radical (unpaired) electrons. The van der Waals surface area contributed by atoms with Crippen molar-refractivity contribution >= 4 is 28.5 Å². The van der Waals surface area contributed by atoms with Crippen LogP contribution in [0.15, 0.2) is 36.4 Å². The molecule has 0 aliphatic heterocycles. The van der Waals surface area contributed by atoms with Gasteiger partial charge < -0.3 is 0 Å². The molecule has 0 bridgehead atoms. The molecule has 84 valence electrons. The van der Waals surface area contributed by atoms with Gasteiger partial charge in [0.05, 0.1) is 0 Å². The summed E-state index contributed by atoms with van der Waals surface area (Å²) < 4.78 is 0. The van der Waals surface area contributed by atoms with Crippen molar-refractivity contribution in [2.45, 2.75) is 20.3 Å². The zero-order valence-electron chi connectivity index (χ0n) is 10.3. The highest BCUT2D eigenvalue weighted by Gasteiger charge is 2.10. The summed E-state index contributed by atoms with van der Waals surface area (Å²) in [5.41, 5.74) is 2.85. The molecular formula is C17H16. The largest absolute Gasteiger partial charge is 0.0835 e. The summed E-state index contributed by atoms with van der Waals surface area (Å²) in [6, 6.07) is 11.1. The summed E-state index contributed by atoms with van der Waals surface area (Å²) in [4.78, 5) is 0. The highest BCUT2D eigenvalue weighted by atomic mass is 14.1. The van der Waals surface area contributed by atoms with Gasteiger partial charge >= 0.3 is 0 Å². The van der Waals surface area contributed by atoms with Gasteiger partial charge in [0.1, 0.15) is 0 Å². The van der Waals surface area contributed by atoms with Gasteiger partial charge in [0, 0.05) is 0 Å². The third-order valence-corrected chi connectivity index (χ3v) is 3.65. The molecule has 0 N–H and O–H groups in total. The molecule has 0 saturated carbocycles. The third kappa shape index (κ3) is 1.44. The van der Waals surface area contributed by atoms with E-state index in [9.17, 15) is 0 Å². The Bertz CT molecular complexity index is 730. The quantitative estimate of drug-likeness (QED) is 0.639. The Morgan fingerprint density at radius 2 is 1.88 bits per heavy atom. The minimum absolute atomic E-state index is 1.05. The van der Waals surface area contributed by atoms with Crippen LogP contribution in [0.2, 0.25) is 0 Å². The van der Waals surface area contributed by atoms with Crippen LogP contribution >= 0.6 is 0 Å². The molecular weight excluding hydrogens is 204 g/mol. The smallest absolute Gasteiger partial charge is 0.00333 e. The first-order valence-electron chi connectivity index (χ1n) is 6.19. The van der Waals surface area contributed by atoms with Crippen LogP contribution in [-0.4, -0.2) is 0 Å². The van der Waals surface area contributed by atoms with E-state index in [4.69, 9.17) is 0 Å². The lowest BCUT2D eigenvalue weighted by Crippen LogP contribution is -2.27. The fraction of sp³-hybridized carbons (Fsp3) is 0.176. The number of hydrogen-bond donors (Lipinski definition) is 0. The average Bonchev–Trinajstić information content (AvgIpc) is 2.40. The Kier molecular flexibility index (Phi) is 2.36. The van der Waals surface area contributed by atoms with Crippen molar-refractivity contribution in [2.75, 3.05) is 0 Å². The Labute approximate surface area is 102 Å². The van der Waals surface area contributed by atoms with Crippen molar-refractivity contribution < 1.29 is 0 Å². The van der Waals surface area contributed by atoms with Crippen LogP contribution < -0.4 is 10.4 Å². The third-order valence-electron chi connectivity index (χ3n) is 3.65. The van der Waals surface area contributed by atoms with Crippen molar-refractivity contribution in [3.63, 3.8) is 0 Å². The van der Waals surface area contributed by atoms with Crippen LogP contribution in [0.1, 0.15) is 25.8 Å². The molecule has 2 aromatic rings. The lowest BCUT2D eigenvalue weighted by atomic mass is 9.89. The van der Waals surface area contributed by atoms with Crippen molar-refractivity contribution in [1.29, 1.82) is 0 Å². The molecule has 0 heteroatoms. The number of allylic oxidation sites excluding steroid dienone is 2. The minimum Gasteiger partial charge on any atom is -0.0835 e. The second kappa shape index (κ2) is 3.89. The molecule has 0 aromatic heterocycles. The maximum absolute atomic E-state index is 2.36. The van der Waals surface area contributed by atoms with Crippen molar-refractivity contribution in [3.05, 3.63) is 52.4 Å². The Morgan fingerprint density at radius 1 is 1.00 bits per heavy atom. The summed E-state index contributed by atoms with van der Waals surface area (Å²) in [7, 11) is 0. The van der Waals surface area contributed by atoms with Gasteiger partial charge in [-0.25, -0.2) is 0 Å². The van der Waals surface area contributed by atoms with Crippen LogP contribution in [0.3, 0.4) is 0 Å². The van der Waals surface area contributed by atoms with Crippen molar-refractivity contribution in [1.82, 2.24) is 0 Å². The van der Waals surface area contributed by atoms with Gasteiger partial charge in [-0.05, 0) is 52.6 Å². The Morgan fingerprint density at radius 3 is 2.65 bits per heavy atom. The van der Waals surface area contributed by atoms with Crippen LogP contribution in [-0.2, 0) is 0 Å². The first-order valence-corrected chi connectivity index (χ1v) is 6.19. The van der Waals surface area contributed by atoms with Gasteiger partial charge in [-0.2, -0.15) is 0 Å². The van der Waals surface area contributed by atoms with Crippen LogP contribution in [0, 0.1) is 0 Å². The van der Waals surface area contributed by atoms with E-state index in [1.165, 1.54) is 32.3 Å². The van der Waals surface area contributed by atoms with Gasteiger partial charge in [-0.1, -0.05) is 48.6 Å². The number of hydrogen-bond acceptors (Lipinski definition) is 0. The predicted octanol–water partition coefficient (Wildman–Crippen LogP) is 3.23. The van der Waals surface area contributed by atoms with E-state index >= 15 is 0 Å². The van der Waals surface area contributed by atoms with E-state index in [1.54, 1.807) is 0 Å². The van der Waals surface area contributed by atoms with E-state index in [2.05, 4.69) is 62.4 Å². The fourth-order valence-corrected chi connectivity index (χ4v) is 2.76. The molecule has 0 atom stereocenters. The van der Waals surface area contributed by atoms with Crippen LogP contribution in [0.4, 0.5) is 0 Å². The van der Waals surface area contributed by atoms with Gasteiger partial charge in [-0.15, -0.1) is 0 Å². The first-order chi connectivity index (χ1) is 8.35. The lowest BCUT2D eigenvalue weighted by Gasteiger charge is -2.15. The zero-order valence-corrected chi connectivity index (χ0v) is 10.3. The minimum atomic E-state index is 1.05. The highest BCUT2D eigenvalue weighted by molar-refractivity contribution is 5.97. The summed E-state index contributed by atoms with van der Waals surface area (Å²) in [6.07, 6.45) is 7.84. The van der Waals surface area contributed by atoms with E-state index in [0.717, 1.165) is 6.42 Å². The van der Waals surface area contributed by atoms with E-state index in [0.29, 0.717) is 0 Å². The molecule has 0 unspecified atom stereocenters. The Balaban J connectivity index is 2.61. The van der Waals surface area contributed by atoms with Gasteiger partial charge in [0.25, 0.3) is 0 Å². The molecule has 0 nitrogen and oxygen atoms in total. The summed E-state index contributed by atoms with van der Waals surface area (Å²) in [5.74, 6) is 0. The molecule has 17 heavy (non-hydrogen) atoms. The fourth-order valence-electron chi connectivity index (χ4n) is 2.76. The van der Waals surface area contributed by atoms with E-state index < -0.39 is 0 Å². The van der Waals surface area contributed by atoms with E-state index in [-0.39, 0.29) is 0 Å². The molecule has 0 heterocycles. The van der Waals surface area contributed by atoms with Crippen LogP contribution in [0.25, 0.3) is 28.5 Å². The van der Waals surface area contributed by atoms with E-state index in [1.807, 2.05) is 0 Å². The molecule has 0 spiro atoms. The first kappa shape index (κ1) is 10.3. The van der Waals surface area contributed by atoms with Crippen LogP contribution in [0.5, 0.6) is 0 Å². The highest BCUT2D eigenvalue weighted by Crippen LogP contribution is 2.27. The second-order valence-corrected chi connectivity index (χ2v) is 4.48. The van der Waals surface area contributed by atoms with Crippen molar-refractivity contribution in [3.8, 4) is 0 Å². The molecule has 0 fully saturated rings. The standard InChI is InChI=1S/C17H16/c1-3-12-8-9-14-6-5-7-15-13(4-2)10-11-16(12)17(14)15/h3-9,11H,10H2,1-2H3. The van der Waals surface area contributed by atoms with Gasteiger partial charge in [0.2, 0.25) is 0 Å². The monoisotopic (exact) mass is 220 g/mol. The summed E-state index contributed by atoms with van der Waals surface area (Å²) >= 11 is 0. The molecule has 0 saturated heterocycles. The molecule has 3 rings (SSSR count). The lowest BCUT2D eigenvalue weighted by molar-refractivity contribution is 1.39. The second-order valence-electron chi connectivity index (χ2n) is 4.48. The van der Waals surface area contributed by atoms with Gasteiger partial charge in [-0.3, -0.25) is 0 Å². The summed E-state index contributed by atoms with van der Waals surface area (Å²) in [5, 5.41) is 5.52. The number of rotatable bonds is 0. The SMILES string of the molecule is CC=C1CC=c2c(=CC)ccc3cccc1c23. The van der Waals surface area contributed by atoms with Crippen molar-refractivity contribution in [2.24, 2.45) is 0 Å². The topological polar surface area (TPSA) is 0 Å².